The van der Waals surface area contributed by atoms with E-state index in [-0.39, 0.29) is 5.57 Å². The predicted octanol–water partition coefficient (Wildman–Crippen LogP) is 11.2. The van der Waals surface area contributed by atoms with Crippen molar-refractivity contribution in [1.29, 1.82) is 5.26 Å². The third kappa shape index (κ3) is 7.40. The quantitative estimate of drug-likeness (QED) is 0.0804. The van der Waals surface area contributed by atoms with Gasteiger partial charge >= 0.3 is 5.97 Å². The van der Waals surface area contributed by atoms with E-state index in [0.717, 1.165) is 47.0 Å². The Balaban J connectivity index is 1.30. The van der Waals surface area contributed by atoms with E-state index < -0.39 is 5.97 Å². The van der Waals surface area contributed by atoms with Crippen LogP contribution in [0.25, 0.3) is 26.3 Å². The van der Waals surface area contributed by atoms with Gasteiger partial charge in [-0.15, -0.1) is 22.7 Å². The number of anilines is 2. The van der Waals surface area contributed by atoms with Gasteiger partial charge in [0.25, 0.3) is 0 Å². The molecule has 0 aliphatic carbocycles. The highest BCUT2D eigenvalue weighted by atomic mass is 32.2. The first-order valence-corrected chi connectivity index (χ1v) is 19.1. The smallest absolute Gasteiger partial charge is 0.346 e. The molecule has 0 saturated heterocycles. The molecule has 0 bridgehead atoms. The number of ether oxygens (including phenoxy) is 2. The van der Waals surface area contributed by atoms with E-state index in [9.17, 15) is 15.2 Å². The molecule has 0 saturated carbocycles. The van der Waals surface area contributed by atoms with Crippen molar-refractivity contribution in [2.24, 2.45) is 0 Å². The molecule has 244 valence electrons. The van der Waals surface area contributed by atoms with E-state index >= 15 is 0 Å². The lowest BCUT2D eigenvalue weighted by Gasteiger charge is -2.33. The van der Waals surface area contributed by atoms with Crippen LogP contribution in [0, 0.1) is 11.3 Å². The van der Waals surface area contributed by atoms with E-state index in [1.807, 2.05) is 23.5 Å². The Morgan fingerprint density at radius 3 is 2.32 bits per heavy atom. The molecule has 2 aliphatic rings. The van der Waals surface area contributed by atoms with Gasteiger partial charge in [0, 0.05) is 26.1 Å². The lowest BCUT2D eigenvalue weighted by Crippen LogP contribution is -2.22. The second-order valence-electron chi connectivity index (χ2n) is 11.9. The normalized spacial score (nSPS) is 13.6. The van der Waals surface area contributed by atoms with Crippen LogP contribution in [-0.2, 0) is 11.2 Å². The van der Waals surface area contributed by atoms with Gasteiger partial charge in [-0.3, -0.25) is 0 Å². The van der Waals surface area contributed by atoms with Crippen LogP contribution in [0.15, 0.2) is 63.9 Å². The van der Waals surface area contributed by atoms with Crippen LogP contribution in [0.5, 0.6) is 11.5 Å². The molecular weight excluding hydrogens is 645 g/mol. The fraction of sp³-hybridized carbons (Fsp3) is 0.368. The molecule has 9 heteroatoms. The summed E-state index contributed by atoms with van der Waals surface area (Å²) < 4.78 is 12.3. The Labute approximate surface area is 289 Å². The maximum atomic E-state index is 11.5. The summed E-state index contributed by atoms with van der Waals surface area (Å²) in [6, 6.07) is 18.9. The van der Waals surface area contributed by atoms with E-state index in [1.54, 1.807) is 29.2 Å². The maximum absolute atomic E-state index is 11.5. The van der Waals surface area contributed by atoms with Gasteiger partial charge in [0.05, 0.1) is 21.1 Å². The summed E-state index contributed by atoms with van der Waals surface area (Å²) in [5, 5.41) is 18.7. The number of carbonyl (C=O) groups is 1. The second kappa shape index (κ2) is 15.5. The van der Waals surface area contributed by atoms with Gasteiger partial charge < -0.3 is 19.5 Å². The number of unbranched alkanes of at least 4 members (excludes halogenated alkanes) is 6. The van der Waals surface area contributed by atoms with Gasteiger partial charge in [-0.1, -0.05) is 76.3 Å². The van der Waals surface area contributed by atoms with Crippen molar-refractivity contribution < 1.29 is 19.4 Å². The topological polar surface area (TPSA) is 82.8 Å². The van der Waals surface area contributed by atoms with Crippen molar-refractivity contribution in [3.63, 3.8) is 0 Å². The molecule has 4 aromatic rings. The SMILES string of the molecule is CCCCCCc1sc(-c2ccc(-c3ccc4c(c3)Sc3cc(/C=C(\C#N)C(=O)O)ccc3N4CCCCCC)s2)c2c1OCCO2. The standard InChI is InChI=1S/C38H40N2O4S3/c1-3-5-7-9-11-31-35-36(44-20-19-43-35)37(47-31)32-17-16-30(45-32)26-13-15-29-34(23-26)46-33-22-25(21-27(24-39)38(41)42)12-14-28(33)40(29)18-10-8-6-4-2/h12-17,21-23H,3-11,18-20H2,1-2H3,(H,41,42)/b27-21+. The summed E-state index contributed by atoms with van der Waals surface area (Å²) in [5.74, 6) is 0.639. The fourth-order valence-electron chi connectivity index (χ4n) is 6.06. The molecule has 2 aromatic heterocycles. The third-order valence-electron chi connectivity index (χ3n) is 8.48. The van der Waals surface area contributed by atoms with Crippen molar-refractivity contribution in [3.8, 4) is 37.8 Å². The number of fused-ring (bicyclic) bond motifs is 3. The molecule has 0 atom stereocenters. The molecule has 47 heavy (non-hydrogen) atoms. The number of hydrogen-bond acceptors (Lipinski definition) is 8. The van der Waals surface area contributed by atoms with E-state index in [1.165, 1.54) is 81.1 Å². The minimum Gasteiger partial charge on any atom is -0.485 e. The van der Waals surface area contributed by atoms with Gasteiger partial charge in [0.1, 0.15) is 24.9 Å². The number of nitriles is 1. The average molecular weight is 685 g/mol. The summed E-state index contributed by atoms with van der Waals surface area (Å²) in [5.41, 5.74) is 3.91. The molecule has 6 rings (SSSR count). The van der Waals surface area contributed by atoms with Gasteiger partial charge in [0.2, 0.25) is 0 Å². The molecule has 0 fully saturated rings. The molecule has 2 aliphatic heterocycles. The predicted molar refractivity (Wildman–Crippen MR) is 195 cm³/mol. The summed E-state index contributed by atoms with van der Waals surface area (Å²) in [7, 11) is 0. The number of hydrogen-bond donors (Lipinski definition) is 1. The van der Waals surface area contributed by atoms with Crippen LogP contribution < -0.4 is 14.4 Å². The maximum Gasteiger partial charge on any atom is 0.346 e. The summed E-state index contributed by atoms with van der Waals surface area (Å²) >= 11 is 5.31. The highest BCUT2D eigenvalue weighted by molar-refractivity contribution is 7.99. The first-order chi connectivity index (χ1) is 23.0. The number of thiophene rings is 2. The highest BCUT2D eigenvalue weighted by Crippen LogP contribution is 2.53. The average Bonchev–Trinajstić information content (AvgIpc) is 3.72. The third-order valence-corrected chi connectivity index (χ3v) is 12.1. The molecule has 1 N–H and O–H groups in total. The van der Waals surface area contributed by atoms with Crippen molar-refractivity contribution in [2.75, 3.05) is 24.7 Å². The van der Waals surface area contributed by atoms with Crippen LogP contribution in [0.2, 0.25) is 0 Å². The minimum atomic E-state index is -1.22. The van der Waals surface area contributed by atoms with Crippen LogP contribution in [0.4, 0.5) is 11.4 Å². The molecular formula is C38H40N2O4S3. The van der Waals surface area contributed by atoms with Gasteiger partial charge in [0.15, 0.2) is 11.5 Å². The zero-order valence-electron chi connectivity index (χ0n) is 27.0. The number of carboxylic acids is 1. The zero-order valence-corrected chi connectivity index (χ0v) is 29.4. The van der Waals surface area contributed by atoms with E-state index in [4.69, 9.17) is 9.47 Å². The van der Waals surface area contributed by atoms with Crippen molar-refractivity contribution in [3.05, 3.63) is 64.5 Å². The van der Waals surface area contributed by atoms with E-state index in [0.29, 0.717) is 18.8 Å². The number of aliphatic carboxylic acids is 1. The Morgan fingerprint density at radius 2 is 1.57 bits per heavy atom. The lowest BCUT2D eigenvalue weighted by molar-refractivity contribution is -0.132. The minimum absolute atomic E-state index is 0.272. The largest absolute Gasteiger partial charge is 0.485 e. The summed E-state index contributed by atoms with van der Waals surface area (Å²) in [6.07, 6.45) is 12.0. The fourth-order valence-corrected chi connectivity index (χ4v) is 9.58. The second-order valence-corrected chi connectivity index (χ2v) is 15.2. The molecule has 2 aromatic carbocycles. The van der Waals surface area contributed by atoms with Crippen LogP contribution in [-0.4, -0.2) is 30.8 Å². The van der Waals surface area contributed by atoms with E-state index in [2.05, 4.69) is 55.1 Å². The Kier molecular flexibility index (Phi) is 10.9. The molecule has 0 radical (unpaired) electrons. The van der Waals surface area contributed by atoms with Gasteiger partial charge in [-0.2, -0.15) is 5.26 Å². The van der Waals surface area contributed by atoms with Crippen LogP contribution in [0.1, 0.15) is 75.7 Å². The number of aryl methyl sites for hydroxylation is 1. The molecule has 4 heterocycles. The van der Waals surface area contributed by atoms with Crippen molar-refractivity contribution >= 4 is 57.9 Å². The Hall–Kier alpha value is -3.71. The highest BCUT2D eigenvalue weighted by Gasteiger charge is 2.27. The van der Waals surface area contributed by atoms with Crippen LogP contribution >= 0.6 is 34.4 Å². The Morgan fingerprint density at radius 1 is 0.872 bits per heavy atom. The zero-order chi connectivity index (χ0) is 32.8. The summed E-state index contributed by atoms with van der Waals surface area (Å²) in [6.45, 7) is 6.55. The monoisotopic (exact) mass is 684 g/mol. The molecule has 0 unspecified atom stereocenters. The van der Waals surface area contributed by atoms with Crippen LogP contribution in [0.3, 0.4) is 0 Å². The molecule has 0 amide bonds. The van der Waals surface area contributed by atoms with Crippen molar-refractivity contribution in [1.82, 2.24) is 0 Å². The molecule has 0 spiro atoms. The Bertz CT molecular complexity index is 1820. The van der Waals surface area contributed by atoms with Gasteiger partial charge in [-0.25, -0.2) is 4.79 Å². The first-order valence-electron chi connectivity index (χ1n) is 16.6. The molecule has 6 nitrogen and oxygen atoms in total. The number of benzene rings is 2. The summed E-state index contributed by atoms with van der Waals surface area (Å²) in [4.78, 5) is 21.0. The van der Waals surface area contributed by atoms with Gasteiger partial charge in [-0.05, 0) is 72.9 Å². The van der Waals surface area contributed by atoms with Crippen molar-refractivity contribution in [2.45, 2.75) is 81.4 Å². The number of carboxylic acid groups (broad SMARTS) is 1. The number of rotatable bonds is 14. The first kappa shape index (κ1) is 33.2. The number of nitrogens with zero attached hydrogens (tertiary/aromatic N) is 2. The lowest BCUT2D eigenvalue weighted by atomic mass is 10.1.